The predicted octanol–water partition coefficient (Wildman–Crippen LogP) is 2.91. The van der Waals surface area contributed by atoms with E-state index >= 15 is 0 Å². The van der Waals surface area contributed by atoms with Crippen molar-refractivity contribution in [2.24, 2.45) is 5.10 Å². The summed E-state index contributed by atoms with van der Waals surface area (Å²) < 4.78 is 9.95. The fourth-order valence-electron chi connectivity index (χ4n) is 1.30. The lowest BCUT2D eigenvalue weighted by molar-refractivity contribution is 0.0529. The van der Waals surface area contributed by atoms with Crippen molar-refractivity contribution in [2.75, 3.05) is 7.11 Å². The van der Waals surface area contributed by atoms with Crippen molar-refractivity contribution in [3.05, 3.63) is 22.7 Å². The molecule has 0 aliphatic heterocycles. The van der Waals surface area contributed by atoms with Crippen LogP contribution >= 0.6 is 11.6 Å². The summed E-state index contributed by atoms with van der Waals surface area (Å²) in [5.41, 5.74) is 1.89. The van der Waals surface area contributed by atoms with Crippen molar-refractivity contribution in [1.82, 2.24) is 5.43 Å². The van der Waals surface area contributed by atoms with Crippen molar-refractivity contribution in [2.45, 2.75) is 26.4 Å². The third-order valence-corrected chi connectivity index (χ3v) is 2.27. The second kappa shape index (κ2) is 6.47. The standard InChI is InChI=1S/C13H17ClN2O4/c1-13(2,3)20-12(18)16-15-7-8-5-9(14)6-10(19-4)11(8)17/h5-7,17H,1-4H3,(H,16,18)/b15-7+. The Morgan fingerprint density at radius 1 is 1.45 bits per heavy atom. The van der Waals surface area contributed by atoms with Gasteiger partial charge in [-0.05, 0) is 26.8 Å². The molecule has 0 saturated carbocycles. The van der Waals surface area contributed by atoms with Crippen molar-refractivity contribution in [1.29, 1.82) is 0 Å². The fourth-order valence-corrected chi connectivity index (χ4v) is 1.52. The third kappa shape index (κ3) is 4.97. The minimum absolute atomic E-state index is 0.119. The molecule has 0 heterocycles. The van der Waals surface area contributed by atoms with Crippen LogP contribution in [0.5, 0.6) is 11.5 Å². The quantitative estimate of drug-likeness (QED) is 0.664. The summed E-state index contributed by atoms with van der Waals surface area (Å²) >= 11 is 5.86. The number of nitrogens with one attached hydrogen (secondary N) is 1. The van der Waals surface area contributed by atoms with E-state index in [1.807, 2.05) is 0 Å². The second-order valence-electron chi connectivity index (χ2n) is 4.92. The third-order valence-electron chi connectivity index (χ3n) is 2.05. The number of aromatic hydroxyl groups is 1. The number of ether oxygens (including phenoxy) is 2. The number of phenolic OH excluding ortho intramolecular Hbond substituents is 1. The molecule has 0 aliphatic rings. The first-order chi connectivity index (χ1) is 9.23. The topological polar surface area (TPSA) is 80.2 Å². The smallest absolute Gasteiger partial charge is 0.428 e. The van der Waals surface area contributed by atoms with E-state index in [1.165, 1.54) is 25.5 Å². The zero-order chi connectivity index (χ0) is 15.3. The summed E-state index contributed by atoms with van der Waals surface area (Å²) in [6, 6.07) is 2.95. The largest absolute Gasteiger partial charge is 0.504 e. The molecular weight excluding hydrogens is 284 g/mol. The molecule has 1 amide bonds. The number of halogens is 1. The number of phenols is 1. The fraction of sp³-hybridized carbons (Fsp3) is 0.385. The molecule has 0 fully saturated rings. The van der Waals surface area contributed by atoms with Crippen LogP contribution in [0, 0.1) is 0 Å². The van der Waals surface area contributed by atoms with Crippen molar-refractivity contribution >= 4 is 23.9 Å². The number of hydrogen-bond donors (Lipinski definition) is 2. The Labute approximate surface area is 122 Å². The van der Waals surface area contributed by atoms with Crippen LogP contribution in [0.2, 0.25) is 5.02 Å². The van der Waals surface area contributed by atoms with E-state index < -0.39 is 11.7 Å². The predicted molar refractivity (Wildman–Crippen MR) is 76.6 cm³/mol. The summed E-state index contributed by atoms with van der Waals surface area (Å²) in [4.78, 5) is 11.4. The van der Waals surface area contributed by atoms with Gasteiger partial charge in [-0.1, -0.05) is 11.6 Å². The van der Waals surface area contributed by atoms with Gasteiger partial charge in [0.1, 0.15) is 5.60 Å². The number of hydrogen-bond acceptors (Lipinski definition) is 5. The van der Waals surface area contributed by atoms with Gasteiger partial charge in [0.15, 0.2) is 11.5 Å². The van der Waals surface area contributed by atoms with Crippen molar-refractivity contribution in [3.63, 3.8) is 0 Å². The maximum absolute atomic E-state index is 11.4. The average molecular weight is 301 g/mol. The molecule has 0 aliphatic carbocycles. The number of carbonyl (C=O) groups is 1. The highest BCUT2D eigenvalue weighted by molar-refractivity contribution is 6.31. The Kier molecular flexibility index (Phi) is 5.21. The minimum atomic E-state index is -0.692. The molecule has 1 aromatic rings. The Morgan fingerprint density at radius 2 is 2.10 bits per heavy atom. The van der Waals surface area contributed by atoms with E-state index in [4.69, 9.17) is 21.1 Å². The Morgan fingerprint density at radius 3 is 2.65 bits per heavy atom. The van der Waals surface area contributed by atoms with Gasteiger partial charge >= 0.3 is 6.09 Å². The van der Waals surface area contributed by atoms with Gasteiger partial charge in [-0.25, -0.2) is 10.2 Å². The van der Waals surface area contributed by atoms with E-state index in [1.54, 1.807) is 20.8 Å². The highest BCUT2D eigenvalue weighted by Crippen LogP contribution is 2.32. The lowest BCUT2D eigenvalue weighted by Gasteiger charge is -2.18. The molecule has 0 bridgehead atoms. The highest BCUT2D eigenvalue weighted by atomic mass is 35.5. The first-order valence-electron chi connectivity index (χ1n) is 5.81. The number of hydrazone groups is 1. The van der Waals surface area contributed by atoms with Gasteiger partial charge in [0.05, 0.1) is 13.3 Å². The molecule has 110 valence electrons. The van der Waals surface area contributed by atoms with Gasteiger partial charge in [-0.15, -0.1) is 0 Å². The first-order valence-corrected chi connectivity index (χ1v) is 6.19. The molecule has 0 saturated heterocycles. The SMILES string of the molecule is COc1cc(Cl)cc(/C=N/NC(=O)OC(C)(C)C)c1O. The van der Waals surface area contributed by atoms with Gasteiger partial charge < -0.3 is 14.6 Å². The zero-order valence-corrected chi connectivity index (χ0v) is 12.5. The van der Waals surface area contributed by atoms with E-state index in [-0.39, 0.29) is 11.5 Å². The molecule has 1 aromatic carbocycles. The minimum Gasteiger partial charge on any atom is -0.504 e. The zero-order valence-electron chi connectivity index (χ0n) is 11.7. The number of rotatable bonds is 3. The monoisotopic (exact) mass is 300 g/mol. The van der Waals surface area contributed by atoms with Gasteiger partial charge in [-0.2, -0.15) is 5.10 Å². The molecule has 7 heteroatoms. The number of benzene rings is 1. The number of methoxy groups -OCH3 is 1. The van der Waals surface area contributed by atoms with Gasteiger partial charge in [0, 0.05) is 16.7 Å². The van der Waals surface area contributed by atoms with Crippen molar-refractivity contribution in [3.8, 4) is 11.5 Å². The molecule has 20 heavy (non-hydrogen) atoms. The molecule has 0 atom stereocenters. The molecule has 6 nitrogen and oxygen atoms in total. The summed E-state index contributed by atoms with van der Waals surface area (Å²) in [5, 5.41) is 13.9. The van der Waals surface area contributed by atoms with E-state index in [0.29, 0.717) is 10.6 Å². The molecule has 0 spiro atoms. The highest BCUT2D eigenvalue weighted by Gasteiger charge is 2.15. The van der Waals surface area contributed by atoms with Crippen LogP contribution in [0.4, 0.5) is 4.79 Å². The Bertz CT molecular complexity index is 524. The van der Waals surface area contributed by atoms with E-state index in [0.717, 1.165) is 0 Å². The van der Waals surface area contributed by atoms with E-state index in [9.17, 15) is 9.90 Å². The van der Waals surface area contributed by atoms with Gasteiger partial charge in [-0.3, -0.25) is 0 Å². The van der Waals surface area contributed by atoms with Gasteiger partial charge in [0.25, 0.3) is 0 Å². The maximum atomic E-state index is 11.4. The normalized spacial score (nSPS) is 11.4. The summed E-state index contributed by atoms with van der Waals surface area (Å²) in [5.74, 6) is 0.0999. The second-order valence-corrected chi connectivity index (χ2v) is 5.35. The maximum Gasteiger partial charge on any atom is 0.428 e. The van der Waals surface area contributed by atoms with Crippen LogP contribution in [0.25, 0.3) is 0 Å². The molecule has 1 rings (SSSR count). The molecule has 0 radical (unpaired) electrons. The van der Waals surface area contributed by atoms with Crippen LogP contribution in [-0.4, -0.2) is 30.1 Å². The van der Waals surface area contributed by atoms with Crippen LogP contribution in [-0.2, 0) is 4.74 Å². The summed E-state index contributed by atoms with van der Waals surface area (Å²) in [6.07, 6.45) is 0.551. The van der Waals surface area contributed by atoms with E-state index in [2.05, 4.69) is 10.5 Å². The molecular formula is C13H17ClN2O4. The lowest BCUT2D eigenvalue weighted by Crippen LogP contribution is -2.29. The van der Waals surface area contributed by atoms with Gasteiger partial charge in [0.2, 0.25) is 0 Å². The van der Waals surface area contributed by atoms with Crippen LogP contribution in [0.15, 0.2) is 17.2 Å². The Hall–Kier alpha value is -1.95. The summed E-state index contributed by atoms with van der Waals surface area (Å²) in [7, 11) is 1.41. The Balaban J connectivity index is 2.76. The first kappa shape index (κ1) is 16.1. The number of amides is 1. The molecule has 2 N–H and O–H groups in total. The molecule has 0 aromatic heterocycles. The van der Waals surface area contributed by atoms with Crippen molar-refractivity contribution < 1.29 is 19.4 Å². The van der Waals surface area contributed by atoms with Crippen LogP contribution in [0.3, 0.4) is 0 Å². The number of nitrogens with zero attached hydrogens (tertiary/aromatic N) is 1. The lowest BCUT2D eigenvalue weighted by atomic mass is 10.2. The van der Waals surface area contributed by atoms with Crippen LogP contribution < -0.4 is 10.2 Å². The number of carbonyl (C=O) groups excluding carboxylic acids is 1. The average Bonchev–Trinajstić information content (AvgIpc) is 2.30. The van der Waals surface area contributed by atoms with Crippen LogP contribution in [0.1, 0.15) is 26.3 Å². The molecule has 0 unspecified atom stereocenters. The summed E-state index contributed by atoms with van der Waals surface area (Å²) in [6.45, 7) is 5.22.